The van der Waals surface area contributed by atoms with Crippen LogP contribution in [-0.4, -0.2) is 33.0 Å². The molecule has 0 unspecified atom stereocenters. The monoisotopic (exact) mass is 354 g/mol. The van der Waals surface area contributed by atoms with Crippen LogP contribution in [0.2, 0.25) is 0 Å². The maximum atomic E-state index is 12.3. The lowest BCUT2D eigenvalue weighted by Gasteiger charge is -2.06. The van der Waals surface area contributed by atoms with Crippen LogP contribution in [0.15, 0.2) is 48.8 Å². The maximum Gasteiger partial charge on any atom is 0.341 e. The lowest BCUT2D eigenvalue weighted by molar-refractivity contribution is -0.384. The summed E-state index contributed by atoms with van der Waals surface area (Å²) in [5.41, 5.74) is 1.41. The van der Waals surface area contributed by atoms with Crippen LogP contribution in [0.1, 0.15) is 27.6 Å². The summed E-state index contributed by atoms with van der Waals surface area (Å²) in [6, 6.07) is 8.48. The van der Waals surface area contributed by atoms with Gasteiger partial charge in [-0.2, -0.15) is 5.10 Å². The second kappa shape index (κ2) is 7.01. The average Bonchev–Trinajstić information content (AvgIpc) is 3.05. The molecule has 0 spiro atoms. The number of carbonyl (C=O) groups is 2. The van der Waals surface area contributed by atoms with E-state index in [1.165, 1.54) is 35.0 Å². The Balaban J connectivity index is 1.84. The van der Waals surface area contributed by atoms with Crippen LogP contribution in [0.3, 0.4) is 0 Å². The van der Waals surface area contributed by atoms with E-state index >= 15 is 0 Å². The van der Waals surface area contributed by atoms with E-state index in [1.807, 2.05) is 0 Å². The van der Waals surface area contributed by atoms with Crippen LogP contribution in [0, 0.1) is 10.1 Å². The van der Waals surface area contributed by atoms with E-state index in [4.69, 9.17) is 4.74 Å². The zero-order chi connectivity index (χ0) is 18.7. The van der Waals surface area contributed by atoms with Crippen molar-refractivity contribution in [1.82, 2.24) is 9.61 Å². The third kappa shape index (κ3) is 3.36. The maximum absolute atomic E-state index is 12.3. The highest BCUT2D eigenvalue weighted by atomic mass is 16.6. The van der Waals surface area contributed by atoms with Crippen LogP contribution < -0.4 is 5.32 Å². The van der Waals surface area contributed by atoms with E-state index in [-0.39, 0.29) is 17.9 Å². The van der Waals surface area contributed by atoms with Gasteiger partial charge in [0.15, 0.2) is 0 Å². The minimum atomic E-state index is -0.536. The molecule has 0 aliphatic carbocycles. The molecule has 1 aromatic carbocycles. The number of ether oxygens (including phenoxy) is 1. The van der Waals surface area contributed by atoms with Crippen LogP contribution in [-0.2, 0) is 4.74 Å². The quantitative estimate of drug-likeness (QED) is 0.428. The highest BCUT2D eigenvalue weighted by Gasteiger charge is 2.15. The number of non-ortho nitro benzene ring substituents is 1. The van der Waals surface area contributed by atoms with Crippen molar-refractivity contribution in [2.75, 3.05) is 11.9 Å². The highest BCUT2D eigenvalue weighted by molar-refractivity contribution is 6.05. The smallest absolute Gasteiger partial charge is 0.341 e. The molecule has 1 amide bonds. The number of nitro groups is 1. The summed E-state index contributed by atoms with van der Waals surface area (Å²) in [7, 11) is 0. The van der Waals surface area contributed by atoms with E-state index < -0.39 is 16.8 Å². The molecule has 9 heteroatoms. The van der Waals surface area contributed by atoms with E-state index in [1.54, 1.807) is 25.3 Å². The number of aromatic nitrogens is 2. The third-order valence-corrected chi connectivity index (χ3v) is 3.62. The second-order valence-corrected chi connectivity index (χ2v) is 5.28. The Morgan fingerprint density at radius 1 is 1.27 bits per heavy atom. The molecular weight excluding hydrogens is 340 g/mol. The Bertz CT molecular complexity index is 994. The van der Waals surface area contributed by atoms with Crippen molar-refractivity contribution in [2.24, 2.45) is 0 Å². The molecule has 132 valence electrons. The van der Waals surface area contributed by atoms with E-state index in [0.717, 1.165) is 0 Å². The van der Waals surface area contributed by atoms with Crippen LogP contribution in [0.25, 0.3) is 5.52 Å². The molecule has 0 atom stereocenters. The number of nitro benzene ring substituents is 1. The molecule has 2 heterocycles. The Labute approximate surface area is 147 Å². The van der Waals surface area contributed by atoms with Gasteiger partial charge in [0.05, 0.1) is 23.2 Å². The summed E-state index contributed by atoms with van der Waals surface area (Å²) < 4.78 is 6.47. The zero-order valence-electron chi connectivity index (χ0n) is 13.7. The Morgan fingerprint density at radius 2 is 2.00 bits per heavy atom. The summed E-state index contributed by atoms with van der Waals surface area (Å²) >= 11 is 0. The molecule has 0 saturated carbocycles. The predicted octanol–water partition coefficient (Wildman–Crippen LogP) is 2.67. The van der Waals surface area contributed by atoms with Crippen LogP contribution in [0.4, 0.5) is 11.4 Å². The summed E-state index contributed by atoms with van der Waals surface area (Å²) in [5, 5.41) is 17.4. The van der Waals surface area contributed by atoms with Crippen molar-refractivity contribution < 1.29 is 19.2 Å². The minimum absolute atomic E-state index is 0.0960. The number of esters is 1. The molecule has 9 nitrogen and oxygen atoms in total. The van der Waals surface area contributed by atoms with E-state index in [0.29, 0.717) is 16.8 Å². The Hall–Kier alpha value is -3.75. The van der Waals surface area contributed by atoms with Gasteiger partial charge in [0.2, 0.25) is 0 Å². The summed E-state index contributed by atoms with van der Waals surface area (Å²) in [6.45, 7) is 1.95. The van der Waals surface area contributed by atoms with Gasteiger partial charge < -0.3 is 10.1 Å². The van der Waals surface area contributed by atoms with Gasteiger partial charge in [-0.05, 0) is 31.2 Å². The number of amides is 1. The fourth-order valence-corrected chi connectivity index (χ4v) is 2.36. The SMILES string of the molecule is CCOC(=O)c1cnn2ccc(NC(=O)c3ccc([N+](=O)[O-])cc3)cc12. The van der Waals surface area contributed by atoms with Crippen molar-refractivity contribution in [3.05, 3.63) is 70.0 Å². The molecule has 0 radical (unpaired) electrons. The third-order valence-electron chi connectivity index (χ3n) is 3.62. The first-order valence-electron chi connectivity index (χ1n) is 7.70. The fraction of sp³-hybridized carbons (Fsp3) is 0.118. The van der Waals surface area contributed by atoms with Gasteiger partial charge in [-0.1, -0.05) is 0 Å². The van der Waals surface area contributed by atoms with Crippen LogP contribution >= 0.6 is 0 Å². The molecule has 0 aliphatic rings. The van der Waals surface area contributed by atoms with Crippen molar-refractivity contribution in [1.29, 1.82) is 0 Å². The number of rotatable bonds is 5. The molecule has 3 aromatic rings. The number of nitrogens with one attached hydrogen (secondary N) is 1. The molecule has 2 aromatic heterocycles. The number of benzene rings is 1. The van der Waals surface area contributed by atoms with Crippen LogP contribution in [0.5, 0.6) is 0 Å². The zero-order valence-corrected chi connectivity index (χ0v) is 13.7. The highest BCUT2D eigenvalue weighted by Crippen LogP contribution is 2.18. The Morgan fingerprint density at radius 3 is 2.65 bits per heavy atom. The molecule has 0 bridgehead atoms. The van der Waals surface area contributed by atoms with Crippen molar-refractivity contribution in [3.63, 3.8) is 0 Å². The van der Waals surface area contributed by atoms with Crippen molar-refractivity contribution >= 4 is 28.8 Å². The molecule has 1 N–H and O–H groups in total. The number of hydrogen-bond acceptors (Lipinski definition) is 6. The van der Waals surface area contributed by atoms with Gasteiger partial charge in [0.1, 0.15) is 5.56 Å². The first-order valence-corrected chi connectivity index (χ1v) is 7.70. The van der Waals surface area contributed by atoms with Gasteiger partial charge >= 0.3 is 5.97 Å². The van der Waals surface area contributed by atoms with E-state index in [9.17, 15) is 19.7 Å². The summed E-state index contributed by atoms with van der Waals surface area (Å²) in [6.07, 6.45) is 3.00. The number of pyridine rings is 1. The average molecular weight is 354 g/mol. The number of carbonyl (C=O) groups excluding carboxylic acids is 2. The number of nitrogens with zero attached hydrogens (tertiary/aromatic N) is 3. The first kappa shape index (κ1) is 17.1. The lowest BCUT2D eigenvalue weighted by atomic mass is 10.2. The van der Waals surface area contributed by atoms with E-state index in [2.05, 4.69) is 10.4 Å². The number of hydrogen-bond donors (Lipinski definition) is 1. The largest absolute Gasteiger partial charge is 0.462 e. The standard InChI is InChI=1S/C17H14N4O5/c1-2-26-17(23)14-10-18-20-8-7-12(9-15(14)20)19-16(22)11-3-5-13(6-4-11)21(24)25/h3-10H,2H2,1H3,(H,19,22). The van der Waals surface area contributed by atoms with Gasteiger partial charge in [-0.15, -0.1) is 0 Å². The summed E-state index contributed by atoms with van der Waals surface area (Å²) in [4.78, 5) is 34.4. The Kier molecular flexibility index (Phi) is 4.61. The molecule has 0 aliphatic heterocycles. The minimum Gasteiger partial charge on any atom is -0.462 e. The number of anilines is 1. The lowest BCUT2D eigenvalue weighted by Crippen LogP contribution is -2.12. The van der Waals surface area contributed by atoms with Gasteiger partial charge in [0.25, 0.3) is 11.6 Å². The van der Waals surface area contributed by atoms with Gasteiger partial charge in [0, 0.05) is 29.6 Å². The summed E-state index contributed by atoms with van der Waals surface area (Å²) in [5.74, 6) is -0.928. The van der Waals surface area contributed by atoms with Gasteiger partial charge in [-0.3, -0.25) is 14.9 Å². The second-order valence-electron chi connectivity index (χ2n) is 5.28. The number of fused-ring (bicyclic) bond motifs is 1. The van der Waals surface area contributed by atoms with Crippen molar-refractivity contribution in [3.8, 4) is 0 Å². The van der Waals surface area contributed by atoms with Gasteiger partial charge in [-0.25, -0.2) is 9.31 Å². The normalized spacial score (nSPS) is 10.5. The predicted molar refractivity (Wildman–Crippen MR) is 92.2 cm³/mol. The molecule has 0 saturated heterocycles. The molecule has 0 fully saturated rings. The molecule has 3 rings (SSSR count). The first-order chi connectivity index (χ1) is 12.5. The molecule has 26 heavy (non-hydrogen) atoms. The fourth-order valence-electron chi connectivity index (χ4n) is 2.36. The topological polar surface area (TPSA) is 116 Å². The van der Waals surface area contributed by atoms with Crippen molar-refractivity contribution in [2.45, 2.75) is 6.92 Å². The molecular formula is C17H14N4O5.